The highest BCUT2D eigenvalue weighted by atomic mass is 16.5. The van der Waals surface area contributed by atoms with Gasteiger partial charge >= 0.3 is 0 Å². The first-order valence-electron chi connectivity index (χ1n) is 9.58. The minimum atomic E-state index is 0.534. The predicted octanol–water partition coefficient (Wildman–Crippen LogP) is 2.70. The van der Waals surface area contributed by atoms with Crippen molar-refractivity contribution in [3.05, 3.63) is 46.7 Å². The number of hydrogen-bond acceptors (Lipinski definition) is 7. The Morgan fingerprint density at radius 2 is 1.74 bits per heavy atom. The Labute approximate surface area is 158 Å². The Balaban J connectivity index is 1.48. The van der Waals surface area contributed by atoms with Gasteiger partial charge in [0.1, 0.15) is 11.6 Å². The van der Waals surface area contributed by atoms with Gasteiger partial charge in [-0.1, -0.05) is 17.2 Å². The quantitative estimate of drug-likeness (QED) is 0.632. The molecule has 1 aliphatic heterocycles. The van der Waals surface area contributed by atoms with E-state index in [9.17, 15) is 0 Å². The predicted molar refractivity (Wildman–Crippen MR) is 97.8 cm³/mol. The molecule has 0 saturated heterocycles. The minimum absolute atomic E-state index is 0.534. The van der Waals surface area contributed by atoms with Gasteiger partial charge in [-0.25, -0.2) is 0 Å². The van der Waals surface area contributed by atoms with Crippen molar-refractivity contribution in [1.29, 1.82) is 0 Å². The highest BCUT2D eigenvalue weighted by Gasteiger charge is 2.25. The molecule has 0 aromatic carbocycles. The van der Waals surface area contributed by atoms with Crippen molar-refractivity contribution in [2.75, 3.05) is 6.54 Å². The van der Waals surface area contributed by atoms with Gasteiger partial charge in [0, 0.05) is 38.1 Å². The molecular formula is C19H26N6O2. The summed E-state index contributed by atoms with van der Waals surface area (Å²) in [7, 11) is 0. The van der Waals surface area contributed by atoms with Crippen molar-refractivity contribution < 1.29 is 9.05 Å². The minimum Gasteiger partial charge on any atom is -0.360 e. The van der Waals surface area contributed by atoms with E-state index in [1.807, 2.05) is 26.0 Å². The van der Waals surface area contributed by atoms with Crippen LogP contribution in [0.25, 0.3) is 0 Å². The summed E-state index contributed by atoms with van der Waals surface area (Å²) in [5.41, 5.74) is 1.81. The summed E-state index contributed by atoms with van der Waals surface area (Å²) in [6, 6.07) is 3.99. The molecule has 1 unspecified atom stereocenters. The molecule has 3 aromatic rings. The number of aryl methyl sites for hydroxylation is 4. The lowest BCUT2D eigenvalue weighted by molar-refractivity contribution is 0.155. The molecule has 27 heavy (non-hydrogen) atoms. The largest absolute Gasteiger partial charge is 0.360 e. The summed E-state index contributed by atoms with van der Waals surface area (Å²) < 4.78 is 13.2. The molecule has 0 bridgehead atoms. The van der Waals surface area contributed by atoms with Gasteiger partial charge in [-0.15, -0.1) is 10.2 Å². The van der Waals surface area contributed by atoms with Gasteiger partial charge in [0.2, 0.25) is 0 Å². The van der Waals surface area contributed by atoms with Crippen LogP contribution in [-0.4, -0.2) is 36.5 Å². The Hall–Kier alpha value is -2.48. The summed E-state index contributed by atoms with van der Waals surface area (Å²) in [5.74, 6) is 4.48. The van der Waals surface area contributed by atoms with Crippen molar-refractivity contribution in [2.24, 2.45) is 5.92 Å². The van der Waals surface area contributed by atoms with Gasteiger partial charge < -0.3 is 13.6 Å². The molecule has 3 aromatic heterocycles. The number of fused-ring (bicyclic) bond motifs is 1. The Morgan fingerprint density at radius 3 is 2.30 bits per heavy atom. The molecule has 144 valence electrons. The van der Waals surface area contributed by atoms with E-state index in [0.717, 1.165) is 66.9 Å². The fraction of sp³-hybridized carbons (Fsp3) is 0.579. The fourth-order valence-corrected chi connectivity index (χ4v) is 3.83. The fourth-order valence-electron chi connectivity index (χ4n) is 3.83. The highest BCUT2D eigenvalue weighted by Crippen LogP contribution is 2.23. The van der Waals surface area contributed by atoms with Gasteiger partial charge in [0.25, 0.3) is 0 Å². The van der Waals surface area contributed by atoms with E-state index in [0.29, 0.717) is 19.0 Å². The van der Waals surface area contributed by atoms with E-state index >= 15 is 0 Å². The van der Waals surface area contributed by atoms with E-state index in [-0.39, 0.29) is 0 Å². The second-order valence-electron chi connectivity index (χ2n) is 7.44. The molecule has 0 saturated carbocycles. The zero-order valence-electron chi connectivity index (χ0n) is 16.2. The topological polar surface area (TPSA) is 86.0 Å². The number of rotatable bonds is 7. The van der Waals surface area contributed by atoms with E-state index in [4.69, 9.17) is 9.05 Å². The maximum Gasteiger partial charge on any atom is 0.150 e. The van der Waals surface area contributed by atoms with Crippen LogP contribution >= 0.6 is 0 Å². The third-order valence-electron chi connectivity index (χ3n) is 5.07. The van der Waals surface area contributed by atoms with E-state index < -0.39 is 0 Å². The molecule has 1 atom stereocenters. The average Bonchev–Trinajstić information content (AvgIpc) is 3.35. The van der Waals surface area contributed by atoms with Gasteiger partial charge in [-0.05, 0) is 26.2 Å². The number of aromatic nitrogens is 5. The summed E-state index contributed by atoms with van der Waals surface area (Å²) in [4.78, 5) is 2.35. The van der Waals surface area contributed by atoms with E-state index in [1.165, 1.54) is 0 Å². The number of hydrogen-bond donors (Lipinski definition) is 0. The third kappa shape index (κ3) is 4.10. The second-order valence-corrected chi connectivity index (χ2v) is 7.44. The monoisotopic (exact) mass is 370 g/mol. The lowest BCUT2D eigenvalue weighted by Crippen LogP contribution is -2.33. The summed E-state index contributed by atoms with van der Waals surface area (Å²) in [5, 5.41) is 16.7. The van der Waals surface area contributed by atoms with Crippen molar-refractivity contribution in [1.82, 2.24) is 30.0 Å². The van der Waals surface area contributed by atoms with Crippen LogP contribution in [0, 0.1) is 19.8 Å². The van der Waals surface area contributed by atoms with Crippen LogP contribution in [0.4, 0.5) is 0 Å². The molecular weight excluding hydrogens is 344 g/mol. The SMILES string of the molecule is CCc1nnc2n1CC(CN(Cc1cc(C)no1)Cc1cc(C)no1)CC2. The Morgan fingerprint density at radius 1 is 1.07 bits per heavy atom. The van der Waals surface area contributed by atoms with Gasteiger partial charge in [0.15, 0.2) is 11.5 Å². The van der Waals surface area contributed by atoms with Gasteiger partial charge in [0.05, 0.1) is 24.5 Å². The summed E-state index contributed by atoms with van der Waals surface area (Å²) in [6.45, 7) is 9.33. The van der Waals surface area contributed by atoms with Crippen LogP contribution in [0.15, 0.2) is 21.2 Å². The number of nitrogens with zero attached hydrogens (tertiary/aromatic N) is 6. The molecule has 0 aliphatic carbocycles. The first-order chi connectivity index (χ1) is 13.1. The molecule has 0 amide bonds. The smallest absolute Gasteiger partial charge is 0.150 e. The zero-order valence-corrected chi connectivity index (χ0v) is 16.2. The van der Waals surface area contributed by atoms with Gasteiger partial charge in [-0.3, -0.25) is 4.90 Å². The standard InChI is InChI=1S/C19H26N6O2/c1-4-18-20-21-19-6-5-15(10-25(18)19)9-24(11-16-7-13(2)22-26-16)12-17-8-14(3)23-27-17/h7-8,15H,4-6,9-12H2,1-3H3. The molecule has 4 rings (SSSR count). The van der Waals surface area contributed by atoms with Crippen molar-refractivity contribution >= 4 is 0 Å². The van der Waals surface area contributed by atoms with Crippen molar-refractivity contribution in [2.45, 2.75) is 59.7 Å². The van der Waals surface area contributed by atoms with Crippen LogP contribution in [0.1, 0.15) is 47.9 Å². The van der Waals surface area contributed by atoms with Crippen LogP contribution in [-0.2, 0) is 32.5 Å². The Kier molecular flexibility index (Phi) is 5.07. The lowest BCUT2D eigenvalue weighted by atomic mass is 9.98. The Bertz CT molecular complexity index is 840. The van der Waals surface area contributed by atoms with Crippen LogP contribution in [0.5, 0.6) is 0 Å². The highest BCUT2D eigenvalue weighted by molar-refractivity contribution is 5.06. The van der Waals surface area contributed by atoms with E-state index in [1.54, 1.807) is 0 Å². The third-order valence-corrected chi connectivity index (χ3v) is 5.07. The van der Waals surface area contributed by atoms with E-state index in [2.05, 4.69) is 36.9 Å². The zero-order chi connectivity index (χ0) is 18.8. The molecule has 8 nitrogen and oxygen atoms in total. The maximum atomic E-state index is 5.44. The first kappa shape index (κ1) is 17.9. The molecule has 1 aliphatic rings. The summed E-state index contributed by atoms with van der Waals surface area (Å²) >= 11 is 0. The normalized spacial score (nSPS) is 16.8. The maximum absolute atomic E-state index is 5.44. The average molecular weight is 370 g/mol. The molecule has 0 N–H and O–H groups in total. The second kappa shape index (κ2) is 7.64. The van der Waals surface area contributed by atoms with Gasteiger partial charge in [-0.2, -0.15) is 0 Å². The molecule has 4 heterocycles. The lowest BCUT2D eigenvalue weighted by Gasteiger charge is -2.29. The van der Waals surface area contributed by atoms with Crippen LogP contribution < -0.4 is 0 Å². The molecule has 0 fully saturated rings. The molecule has 0 radical (unpaired) electrons. The van der Waals surface area contributed by atoms with Crippen LogP contribution in [0.3, 0.4) is 0 Å². The van der Waals surface area contributed by atoms with Crippen molar-refractivity contribution in [3.8, 4) is 0 Å². The van der Waals surface area contributed by atoms with Crippen molar-refractivity contribution in [3.63, 3.8) is 0 Å². The van der Waals surface area contributed by atoms with Crippen LogP contribution in [0.2, 0.25) is 0 Å². The molecule has 0 spiro atoms. The summed E-state index contributed by atoms with van der Waals surface area (Å²) in [6.07, 6.45) is 3.01. The first-order valence-corrected chi connectivity index (χ1v) is 9.58. The molecule has 8 heteroatoms.